The van der Waals surface area contributed by atoms with E-state index in [9.17, 15) is 9.59 Å². The van der Waals surface area contributed by atoms with Crippen LogP contribution in [-0.4, -0.2) is 34.8 Å². The van der Waals surface area contributed by atoms with E-state index in [1.165, 1.54) is 0 Å². The van der Waals surface area contributed by atoms with Gasteiger partial charge in [0.15, 0.2) is 11.5 Å². The molecule has 6 nitrogen and oxygen atoms in total. The zero-order chi connectivity index (χ0) is 20.6. The molecule has 2 aliphatic heterocycles. The smallest absolute Gasteiger partial charge is 0.259 e. The van der Waals surface area contributed by atoms with Crippen LogP contribution in [0.5, 0.6) is 11.5 Å². The van der Waals surface area contributed by atoms with Gasteiger partial charge in [-0.25, -0.2) is 0 Å². The van der Waals surface area contributed by atoms with E-state index in [0.717, 1.165) is 31.3 Å². The fraction of sp³-hybridized carbons (Fsp3) is 0.565. The summed E-state index contributed by atoms with van der Waals surface area (Å²) in [7, 11) is 0. The summed E-state index contributed by atoms with van der Waals surface area (Å²) in [5.41, 5.74) is 1.16. The molecule has 1 saturated heterocycles. The van der Waals surface area contributed by atoms with Crippen molar-refractivity contribution in [2.24, 2.45) is 10.8 Å². The van der Waals surface area contributed by atoms with E-state index in [4.69, 9.17) is 9.47 Å². The summed E-state index contributed by atoms with van der Waals surface area (Å²) in [6, 6.07) is 3.76. The second kappa shape index (κ2) is 6.00. The maximum absolute atomic E-state index is 13.6. The number of hydrogen-bond acceptors (Lipinski definition) is 4. The van der Waals surface area contributed by atoms with Crippen LogP contribution >= 0.6 is 0 Å². The van der Waals surface area contributed by atoms with E-state index in [1.54, 1.807) is 12.3 Å². The Morgan fingerprint density at radius 2 is 1.90 bits per heavy atom. The lowest BCUT2D eigenvalue weighted by Crippen LogP contribution is -2.39. The molecule has 1 saturated carbocycles. The third-order valence-electron chi connectivity index (χ3n) is 6.82. The molecule has 2 fully saturated rings. The summed E-state index contributed by atoms with van der Waals surface area (Å²) in [5, 5.41) is 0.510. The Balaban J connectivity index is 1.60. The van der Waals surface area contributed by atoms with Gasteiger partial charge in [-0.15, -0.1) is 0 Å². The van der Waals surface area contributed by atoms with Gasteiger partial charge in [0.25, 0.3) is 5.91 Å². The van der Waals surface area contributed by atoms with Crippen LogP contribution in [0, 0.1) is 10.8 Å². The fourth-order valence-corrected chi connectivity index (χ4v) is 6.05. The molecule has 3 heterocycles. The third-order valence-corrected chi connectivity index (χ3v) is 6.82. The van der Waals surface area contributed by atoms with Crippen molar-refractivity contribution in [3.8, 4) is 11.5 Å². The van der Waals surface area contributed by atoms with Gasteiger partial charge < -0.3 is 18.9 Å². The van der Waals surface area contributed by atoms with E-state index in [2.05, 4.69) is 20.8 Å². The molecule has 2 atom stereocenters. The number of hydrogen-bond donors (Lipinski definition) is 0. The number of carbonyl (C=O) groups is 1. The first-order valence-corrected chi connectivity index (χ1v) is 10.5. The first kappa shape index (κ1) is 18.5. The van der Waals surface area contributed by atoms with Crippen molar-refractivity contribution in [1.29, 1.82) is 0 Å². The molecule has 154 valence electrons. The van der Waals surface area contributed by atoms with Crippen molar-refractivity contribution < 1.29 is 14.3 Å². The van der Waals surface area contributed by atoms with Gasteiger partial charge in [-0.05, 0) is 43.1 Å². The SMILES string of the molecule is CCn1cc(C(=O)N2C[C@]3(C)C[C@@H]2CC(C)(C)C3)c(=O)c2cc3c(cc21)OCO3. The lowest BCUT2D eigenvalue weighted by Gasteiger charge is -2.39. The van der Waals surface area contributed by atoms with Crippen LogP contribution in [0.2, 0.25) is 0 Å². The predicted octanol–water partition coefficient (Wildman–Crippen LogP) is 3.79. The molecule has 1 aromatic carbocycles. The molecule has 5 rings (SSSR count). The van der Waals surface area contributed by atoms with Gasteiger partial charge in [0.2, 0.25) is 12.2 Å². The third kappa shape index (κ3) is 2.83. The molecule has 29 heavy (non-hydrogen) atoms. The van der Waals surface area contributed by atoms with Crippen molar-refractivity contribution in [1.82, 2.24) is 9.47 Å². The summed E-state index contributed by atoms with van der Waals surface area (Å²) in [6.07, 6.45) is 4.85. The number of benzene rings is 1. The molecular weight excluding hydrogens is 368 g/mol. The Bertz CT molecular complexity index is 1090. The van der Waals surface area contributed by atoms with Gasteiger partial charge in [-0.3, -0.25) is 9.59 Å². The largest absolute Gasteiger partial charge is 0.454 e. The molecule has 0 N–H and O–H groups in total. The van der Waals surface area contributed by atoms with Gasteiger partial charge >= 0.3 is 0 Å². The molecule has 2 bridgehead atoms. The molecule has 6 heteroatoms. The second-order valence-corrected chi connectivity index (χ2v) is 10.0. The topological polar surface area (TPSA) is 60.8 Å². The molecule has 0 radical (unpaired) electrons. The number of amides is 1. The average Bonchev–Trinajstić information content (AvgIpc) is 3.20. The lowest BCUT2D eigenvalue weighted by molar-refractivity contribution is 0.0706. The summed E-state index contributed by atoms with van der Waals surface area (Å²) < 4.78 is 12.9. The van der Waals surface area contributed by atoms with Crippen LogP contribution in [0.1, 0.15) is 57.3 Å². The number of likely N-dealkylation sites (tertiary alicyclic amines) is 1. The Morgan fingerprint density at radius 1 is 1.17 bits per heavy atom. The van der Waals surface area contributed by atoms with E-state index in [-0.39, 0.29) is 40.6 Å². The van der Waals surface area contributed by atoms with E-state index < -0.39 is 0 Å². The average molecular weight is 396 g/mol. The van der Waals surface area contributed by atoms with Crippen molar-refractivity contribution in [3.05, 3.63) is 34.1 Å². The minimum absolute atomic E-state index is 0.134. The summed E-state index contributed by atoms with van der Waals surface area (Å²) in [4.78, 5) is 28.9. The molecule has 0 unspecified atom stereocenters. The lowest BCUT2D eigenvalue weighted by atomic mass is 9.65. The molecule has 1 amide bonds. The van der Waals surface area contributed by atoms with Gasteiger partial charge in [-0.1, -0.05) is 20.8 Å². The Labute approximate surface area is 170 Å². The Morgan fingerprint density at radius 3 is 2.62 bits per heavy atom. The predicted molar refractivity (Wildman–Crippen MR) is 111 cm³/mol. The van der Waals surface area contributed by atoms with Gasteiger partial charge in [0, 0.05) is 31.4 Å². The van der Waals surface area contributed by atoms with E-state index in [1.807, 2.05) is 22.5 Å². The highest BCUT2D eigenvalue weighted by atomic mass is 16.7. The minimum Gasteiger partial charge on any atom is -0.454 e. The van der Waals surface area contributed by atoms with Crippen LogP contribution in [0.4, 0.5) is 0 Å². The number of ether oxygens (including phenoxy) is 2. The molecule has 2 aromatic rings. The van der Waals surface area contributed by atoms with Crippen molar-refractivity contribution >= 4 is 16.8 Å². The first-order chi connectivity index (χ1) is 13.7. The highest BCUT2D eigenvalue weighted by molar-refractivity contribution is 5.98. The number of carbonyl (C=O) groups excluding carboxylic acids is 1. The number of aryl methyl sites for hydroxylation is 1. The zero-order valence-electron chi connectivity index (χ0n) is 17.6. The monoisotopic (exact) mass is 396 g/mol. The van der Waals surface area contributed by atoms with E-state index >= 15 is 0 Å². The number of pyridine rings is 1. The van der Waals surface area contributed by atoms with Crippen LogP contribution in [-0.2, 0) is 6.54 Å². The number of nitrogens with zero attached hydrogens (tertiary/aromatic N) is 2. The van der Waals surface area contributed by atoms with Crippen LogP contribution in [0.15, 0.2) is 23.1 Å². The van der Waals surface area contributed by atoms with Gasteiger partial charge in [0.1, 0.15) is 5.56 Å². The Kier molecular flexibility index (Phi) is 3.83. The minimum atomic E-state index is -0.223. The van der Waals surface area contributed by atoms with Crippen LogP contribution < -0.4 is 14.9 Å². The summed E-state index contributed by atoms with van der Waals surface area (Å²) in [5.74, 6) is 1.07. The highest BCUT2D eigenvalue weighted by Crippen LogP contribution is 2.52. The number of rotatable bonds is 2. The fourth-order valence-electron chi connectivity index (χ4n) is 6.05. The maximum atomic E-state index is 13.6. The number of aromatic nitrogens is 1. The Hall–Kier alpha value is -2.50. The summed E-state index contributed by atoms with van der Waals surface area (Å²) >= 11 is 0. The summed E-state index contributed by atoms with van der Waals surface area (Å²) in [6.45, 7) is 10.4. The van der Waals surface area contributed by atoms with E-state index in [0.29, 0.717) is 23.4 Å². The van der Waals surface area contributed by atoms with Gasteiger partial charge in [-0.2, -0.15) is 0 Å². The molecule has 1 aliphatic carbocycles. The molecule has 0 spiro atoms. The number of fused-ring (bicyclic) bond motifs is 4. The van der Waals surface area contributed by atoms with Crippen molar-refractivity contribution in [2.75, 3.05) is 13.3 Å². The molecular formula is C23H28N2O4. The maximum Gasteiger partial charge on any atom is 0.259 e. The zero-order valence-corrected chi connectivity index (χ0v) is 17.6. The first-order valence-electron chi connectivity index (χ1n) is 10.5. The van der Waals surface area contributed by atoms with Gasteiger partial charge in [0.05, 0.1) is 10.9 Å². The second-order valence-electron chi connectivity index (χ2n) is 10.0. The van der Waals surface area contributed by atoms with Crippen molar-refractivity contribution in [3.63, 3.8) is 0 Å². The van der Waals surface area contributed by atoms with Crippen molar-refractivity contribution in [2.45, 2.75) is 59.5 Å². The standard InChI is InChI=1S/C23H28N2O4/c1-5-24-10-16(20(26)15-6-18-19(7-17(15)24)29-13-28-18)21(27)25-12-23(4)9-14(25)8-22(2,3)11-23/h6-7,10,14H,5,8-9,11-13H2,1-4H3/t14-,23+/m0/s1. The van der Waals surface area contributed by atoms with Crippen LogP contribution in [0.3, 0.4) is 0 Å². The molecule has 1 aromatic heterocycles. The quantitative estimate of drug-likeness (QED) is 0.775. The van der Waals surface area contributed by atoms with Crippen LogP contribution in [0.25, 0.3) is 10.9 Å². The molecule has 3 aliphatic rings. The normalized spacial score (nSPS) is 26.9. The highest BCUT2D eigenvalue weighted by Gasteiger charge is 2.51.